The fourth-order valence-electron chi connectivity index (χ4n) is 1.59. The summed E-state index contributed by atoms with van der Waals surface area (Å²) in [5, 5.41) is 0. The van der Waals surface area contributed by atoms with Crippen molar-refractivity contribution in [2.75, 3.05) is 7.11 Å². The predicted octanol–water partition coefficient (Wildman–Crippen LogP) is 2.71. The summed E-state index contributed by atoms with van der Waals surface area (Å²) in [5.41, 5.74) is 0.365. The molecule has 0 aliphatic heterocycles. The number of rotatable bonds is 1. The summed E-state index contributed by atoms with van der Waals surface area (Å²) in [6.45, 7) is 10.8. The molecule has 0 bridgehead atoms. The van der Waals surface area contributed by atoms with E-state index in [0.717, 1.165) is 0 Å². The zero-order valence-corrected chi connectivity index (χ0v) is 9.56. The summed E-state index contributed by atoms with van der Waals surface area (Å²) < 4.78 is 5.35. The van der Waals surface area contributed by atoms with E-state index in [4.69, 9.17) is 4.74 Å². The zero-order chi connectivity index (χ0) is 10.3. The van der Waals surface area contributed by atoms with E-state index < -0.39 is 0 Å². The molecule has 1 fully saturated rings. The lowest BCUT2D eigenvalue weighted by Gasteiger charge is -2.06. The number of hydrogen-bond donors (Lipinski definition) is 0. The first-order valence-electron chi connectivity index (χ1n) is 4.84. The van der Waals surface area contributed by atoms with Crippen molar-refractivity contribution in [1.82, 2.24) is 0 Å². The van der Waals surface area contributed by atoms with E-state index in [0.29, 0.717) is 12.0 Å². The van der Waals surface area contributed by atoms with Crippen molar-refractivity contribution in [3.8, 4) is 11.8 Å². The van der Waals surface area contributed by atoms with Gasteiger partial charge in [-0.15, -0.1) is 0 Å². The van der Waals surface area contributed by atoms with Gasteiger partial charge in [-0.05, 0) is 20.8 Å². The topological polar surface area (TPSA) is 9.23 Å². The van der Waals surface area contributed by atoms with Gasteiger partial charge >= 0.3 is 0 Å². The second-order valence-electron chi connectivity index (χ2n) is 5.47. The normalized spacial score (nSPS) is 30.6. The van der Waals surface area contributed by atoms with Crippen LogP contribution in [-0.4, -0.2) is 13.2 Å². The third kappa shape index (κ3) is 2.25. The highest BCUT2D eigenvalue weighted by molar-refractivity contribution is 5.25. The van der Waals surface area contributed by atoms with Crippen molar-refractivity contribution in [3.05, 3.63) is 0 Å². The summed E-state index contributed by atoms with van der Waals surface area (Å²) in [7, 11) is 1.77. The van der Waals surface area contributed by atoms with Gasteiger partial charge in [-0.1, -0.05) is 25.7 Å². The quantitative estimate of drug-likeness (QED) is 0.564. The first kappa shape index (κ1) is 10.6. The van der Waals surface area contributed by atoms with Crippen LogP contribution in [0.5, 0.6) is 0 Å². The molecule has 0 N–H and O–H groups in total. The van der Waals surface area contributed by atoms with Gasteiger partial charge in [-0.25, -0.2) is 0 Å². The molecule has 1 aliphatic carbocycles. The van der Waals surface area contributed by atoms with Gasteiger partial charge in [0.05, 0.1) is 12.0 Å². The van der Waals surface area contributed by atoms with Gasteiger partial charge < -0.3 is 4.74 Å². The highest BCUT2D eigenvalue weighted by atomic mass is 16.5. The average molecular weight is 180 g/mol. The Morgan fingerprint density at radius 1 is 1.23 bits per heavy atom. The fraction of sp³-hybridized carbons (Fsp3) is 0.833. The van der Waals surface area contributed by atoms with Gasteiger partial charge in [0.2, 0.25) is 0 Å². The molecule has 2 unspecified atom stereocenters. The van der Waals surface area contributed by atoms with Crippen LogP contribution in [0.15, 0.2) is 0 Å². The molecule has 0 aromatic carbocycles. The Morgan fingerprint density at radius 2 is 1.77 bits per heavy atom. The second kappa shape index (κ2) is 3.03. The molecule has 1 rings (SSSR count). The number of ether oxygens (including phenoxy) is 1. The fourth-order valence-corrected chi connectivity index (χ4v) is 1.59. The molecule has 1 heteroatoms. The van der Waals surface area contributed by atoms with E-state index >= 15 is 0 Å². The van der Waals surface area contributed by atoms with Gasteiger partial charge in [0.15, 0.2) is 0 Å². The Kier molecular flexibility index (Phi) is 2.47. The maximum atomic E-state index is 5.35. The zero-order valence-electron chi connectivity index (χ0n) is 9.56. The van der Waals surface area contributed by atoms with E-state index in [1.165, 1.54) is 0 Å². The van der Waals surface area contributed by atoms with Crippen molar-refractivity contribution in [1.29, 1.82) is 0 Å². The largest absolute Gasteiger partial charge is 0.380 e. The highest BCUT2D eigenvalue weighted by Crippen LogP contribution is 2.53. The van der Waals surface area contributed by atoms with Gasteiger partial charge in [0.25, 0.3) is 0 Å². The monoisotopic (exact) mass is 180 g/mol. The maximum absolute atomic E-state index is 5.35. The molecule has 13 heavy (non-hydrogen) atoms. The minimum atomic E-state index is 0.108. The molecule has 1 aliphatic rings. The van der Waals surface area contributed by atoms with Crippen LogP contribution in [0, 0.1) is 28.6 Å². The smallest absolute Gasteiger partial charge is 0.0778 e. The summed E-state index contributed by atoms with van der Waals surface area (Å²) in [5.74, 6) is 7.01. The lowest BCUT2D eigenvalue weighted by Crippen LogP contribution is -2.00. The van der Waals surface area contributed by atoms with E-state index in [1.54, 1.807) is 7.11 Å². The van der Waals surface area contributed by atoms with Gasteiger partial charge in [0.1, 0.15) is 0 Å². The summed E-state index contributed by atoms with van der Waals surface area (Å²) in [6, 6.07) is 0. The molecule has 0 heterocycles. The Hall–Kier alpha value is -0.480. The SMILES string of the molecule is COC1C(C#CC(C)(C)C)C1(C)C. The minimum absolute atomic E-state index is 0.108. The van der Waals surface area contributed by atoms with Crippen LogP contribution in [0.2, 0.25) is 0 Å². The predicted molar refractivity (Wildman–Crippen MR) is 55.3 cm³/mol. The van der Waals surface area contributed by atoms with Crippen molar-refractivity contribution >= 4 is 0 Å². The van der Waals surface area contributed by atoms with Crippen LogP contribution in [0.3, 0.4) is 0 Å². The van der Waals surface area contributed by atoms with Crippen LogP contribution in [0.25, 0.3) is 0 Å². The van der Waals surface area contributed by atoms with Gasteiger partial charge in [0, 0.05) is 17.9 Å². The van der Waals surface area contributed by atoms with E-state index in [-0.39, 0.29) is 10.8 Å². The van der Waals surface area contributed by atoms with Crippen molar-refractivity contribution in [3.63, 3.8) is 0 Å². The summed E-state index contributed by atoms with van der Waals surface area (Å²) >= 11 is 0. The Labute approximate surface area is 81.9 Å². The first-order chi connectivity index (χ1) is 5.79. The lowest BCUT2D eigenvalue weighted by atomic mass is 9.97. The van der Waals surface area contributed by atoms with Crippen molar-refractivity contribution in [2.45, 2.75) is 40.7 Å². The average Bonchev–Trinajstić information content (AvgIpc) is 2.46. The Balaban J connectivity index is 2.63. The molecule has 74 valence electrons. The van der Waals surface area contributed by atoms with E-state index in [2.05, 4.69) is 46.5 Å². The lowest BCUT2D eigenvalue weighted by molar-refractivity contribution is 0.150. The maximum Gasteiger partial charge on any atom is 0.0778 e. The third-order valence-electron chi connectivity index (χ3n) is 2.59. The van der Waals surface area contributed by atoms with Crippen LogP contribution in [0.1, 0.15) is 34.6 Å². The molecule has 0 saturated heterocycles. The third-order valence-corrected chi connectivity index (χ3v) is 2.59. The molecule has 1 nitrogen and oxygen atoms in total. The number of methoxy groups -OCH3 is 1. The molecule has 0 aromatic rings. The van der Waals surface area contributed by atoms with Gasteiger partial charge in [-0.2, -0.15) is 0 Å². The van der Waals surface area contributed by atoms with Crippen molar-refractivity contribution < 1.29 is 4.74 Å². The standard InChI is InChI=1S/C12H20O/c1-11(2,3)8-7-9-10(13-6)12(9,4)5/h9-10H,1-6H3. The summed E-state index contributed by atoms with van der Waals surface area (Å²) in [6.07, 6.45) is 0.336. The first-order valence-corrected chi connectivity index (χ1v) is 4.84. The summed E-state index contributed by atoms with van der Waals surface area (Å²) in [4.78, 5) is 0. The Morgan fingerprint density at radius 3 is 2.08 bits per heavy atom. The van der Waals surface area contributed by atoms with Crippen LogP contribution in [-0.2, 0) is 4.74 Å². The Bertz CT molecular complexity index is 247. The molecule has 1 saturated carbocycles. The molecular weight excluding hydrogens is 160 g/mol. The second-order valence-corrected chi connectivity index (χ2v) is 5.47. The molecular formula is C12H20O. The van der Waals surface area contributed by atoms with E-state index in [1.807, 2.05) is 0 Å². The van der Waals surface area contributed by atoms with Crippen LogP contribution < -0.4 is 0 Å². The van der Waals surface area contributed by atoms with Crippen molar-refractivity contribution in [2.24, 2.45) is 16.7 Å². The number of hydrogen-bond acceptors (Lipinski definition) is 1. The van der Waals surface area contributed by atoms with Crippen LogP contribution in [0.4, 0.5) is 0 Å². The molecule has 0 spiro atoms. The molecule has 0 radical (unpaired) electrons. The molecule has 0 aromatic heterocycles. The van der Waals surface area contributed by atoms with E-state index in [9.17, 15) is 0 Å². The van der Waals surface area contributed by atoms with Gasteiger partial charge in [-0.3, -0.25) is 0 Å². The highest BCUT2D eigenvalue weighted by Gasteiger charge is 2.58. The minimum Gasteiger partial charge on any atom is -0.380 e. The van der Waals surface area contributed by atoms with Crippen LogP contribution >= 0.6 is 0 Å². The molecule has 0 amide bonds. The molecule has 2 atom stereocenters.